The van der Waals surface area contributed by atoms with Gasteiger partial charge in [0, 0.05) is 12.8 Å². The number of phosphoric ester groups is 1. The van der Waals surface area contributed by atoms with Gasteiger partial charge in [0.2, 0.25) is 0 Å². The fourth-order valence-corrected chi connectivity index (χ4v) is 6.91. The first-order valence-electron chi connectivity index (χ1n) is 22.0. The Labute approximate surface area is 330 Å². The van der Waals surface area contributed by atoms with Gasteiger partial charge in [-0.2, -0.15) is 0 Å². The van der Waals surface area contributed by atoms with E-state index in [1.807, 2.05) is 6.08 Å². The minimum atomic E-state index is -4.61. The number of ketones is 1. The number of esters is 2. The summed E-state index contributed by atoms with van der Waals surface area (Å²) in [5.41, 5.74) is 5.58. The van der Waals surface area contributed by atoms with E-state index in [9.17, 15) is 23.8 Å². The highest BCUT2D eigenvalue weighted by Crippen LogP contribution is 2.43. The predicted octanol–water partition coefficient (Wildman–Crippen LogP) is 11.8. The van der Waals surface area contributed by atoms with Crippen molar-refractivity contribution < 1.29 is 42.4 Å². The van der Waals surface area contributed by atoms with Crippen LogP contribution in [0.5, 0.6) is 0 Å². The predicted molar refractivity (Wildman–Crippen MR) is 220 cm³/mol. The second-order valence-corrected chi connectivity index (χ2v) is 16.6. The van der Waals surface area contributed by atoms with E-state index in [1.54, 1.807) is 0 Å². The van der Waals surface area contributed by atoms with Crippen LogP contribution in [0, 0.1) is 0 Å². The summed E-state index contributed by atoms with van der Waals surface area (Å²) >= 11 is 0. The first-order valence-corrected chi connectivity index (χ1v) is 23.5. The zero-order chi connectivity index (χ0) is 40.0. The Morgan fingerprint density at radius 1 is 0.556 bits per heavy atom. The molecule has 0 fully saturated rings. The standard InChI is InChI=1S/C43H82NO9P/c1-4-6-8-10-12-14-16-18-20-22-24-26-28-30-32-34-42(46)50-36-40(37-51-54(48,49)52-38-41(44)39(3)45)53-43(47)35-33-31-29-27-25-23-21-19-17-15-13-11-9-7-5-2/h29,31,40-41H,4-28,30,32-38,44H2,1-3H3,(H,48,49)/b31-29-. The number of nitrogens with two attached hydrogens (primary N) is 1. The average Bonchev–Trinajstić information content (AvgIpc) is 3.14. The number of rotatable bonds is 41. The molecule has 54 heavy (non-hydrogen) atoms. The normalized spacial score (nSPS) is 13.9. The van der Waals surface area contributed by atoms with Gasteiger partial charge in [-0.25, -0.2) is 4.57 Å². The summed E-state index contributed by atoms with van der Waals surface area (Å²) in [6, 6.07) is -1.08. The Morgan fingerprint density at radius 3 is 1.43 bits per heavy atom. The second-order valence-electron chi connectivity index (χ2n) is 15.1. The Balaban J connectivity index is 4.38. The molecule has 0 aromatic heterocycles. The van der Waals surface area contributed by atoms with Crippen LogP contribution in [0.4, 0.5) is 0 Å². The highest BCUT2D eigenvalue weighted by molar-refractivity contribution is 7.47. The van der Waals surface area contributed by atoms with Gasteiger partial charge in [-0.05, 0) is 32.6 Å². The Hall–Kier alpha value is -1.58. The molecule has 318 valence electrons. The molecule has 3 N–H and O–H groups in total. The molecule has 0 amide bonds. The molecule has 10 nitrogen and oxygen atoms in total. The maximum atomic E-state index is 12.6. The van der Waals surface area contributed by atoms with Gasteiger partial charge in [0.1, 0.15) is 12.4 Å². The number of hydrogen-bond acceptors (Lipinski definition) is 9. The van der Waals surface area contributed by atoms with Crippen LogP contribution in [0.25, 0.3) is 0 Å². The van der Waals surface area contributed by atoms with Crippen molar-refractivity contribution in [1.82, 2.24) is 0 Å². The van der Waals surface area contributed by atoms with Gasteiger partial charge in [0.05, 0.1) is 19.3 Å². The molecule has 11 heteroatoms. The van der Waals surface area contributed by atoms with E-state index >= 15 is 0 Å². The quantitative estimate of drug-likeness (QED) is 0.0265. The molecule has 0 aromatic carbocycles. The summed E-state index contributed by atoms with van der Waals surface area (Å²) in [5.74, 6) is -1.36. The van der Waals surface area contributed by atoms with Crippen molar-refractivity contribution in [3.05, 3.63) is 12.2 Å². The molecule has 0 aliphatic heterocycles. The van der Waals surface area contributed by atoms with Crippen LogP contribution in [0.15, 0.2) is 12.2 Å². The molecule has 3 atom stereocenters. The minimum absolute atomic E-state index is 0.110. The van der Waals surface area contributed by atoms with Crippen LogP contribution >= 0.6 is 7.82 Å². The lowest BCUT2D eigenvalue weighted by Crippen LogP contribution is -2.33. The number of hydrogen-bond donors (Lipinski definition) is 2. The molecule has 0 heterocycles. The molecule has 0 bridgehead atoms. The molecular formula is C43H82NO9P. The first kappa shape index (κ1) is 52.4. The van der Waals surface area contributed by atoms with Crippen LogP contribution < -0.4 is 5.73 Å². The smallest absolute Gasteiger partial charge is 0.462 e. The molecule has 0 aromatic rings. The molecule has 0 rings (SSSR count). The average molecular weight is 788 g/mol. The summed E-state index contributed by atoms with van der Waals surface area (Å²) in [7, 11) is -4.61. The van der Waals surface area contributed by atoms with Gasteiger partial charge < -0.3 is 20.1 Å². The molecule has 0 spiro atoms. The minimum Gasteiger partial charge on any atom is -0.462 e. The molecule has 0 saturated heterocycles. The van der Waals surface area contributed by atoms with E-state index in [-0.39, 0.29) is 19.4 Å². The lowest BCUT2D eigenvalue weighted by atomic mass is 10.0. The molecule has 0 saturated carbocycles. The van der Waals surface area contributed by atoms with Gasteiger partial charge in [-0.3, -0.25) is 23.4 Å². The number of allylic oxidation sites excluding steroid dienone is 2. The molecule has 0 aliphatic carbocycles. The monoisotopic (exact) mass is 788 g/mol. The van der Waals surface area contributed by atoms with Gasteiger partial charge in [0.15, 0.2) is 6.10 Å². The van der Waals surface area contributed by atoms with Crippen LogP contribution in [-0.4, -0.2) is 54.6 Å². The molecule has 0 radical (unpaired) electrons. The van der Waals surface area contributed by atoms with E-state index in [0.29, 0.717) is 12.8 Å². The van der Waals surface area contributed by atoms with E-state index in [0.717, 1.165) is 32.1 Å². The van der Waals surface area contributed by atoms with Crippen molar-refractivity contribution in [2.45, 2.75) is 226 Å². The summed E-state index contributed by atoms with van der Waals surface area (Å²) in [4.78, 5) is 46.4. The number of carbonyl (C=O) groups is 3. The third kappa shape index (κ3) is 37.3. The third-order valence-corrected chi connectivity index (χ3v) is 10.7. The lowest BCUT2D eigenvalue weighted by Gasteiger charge is -2.20. The van der Waals surface area contributed by atoms with E-state index in [2.05, 4.69) is 19.9 Å². The highest BCUT2D eigenvalue weighted by Gasteiger charge is 2.27. The number of Topliss-reactive ketones (excluding diaryl/α,β-unsaturated/α-hetero) is 1. The van der Waals surface area contributed by atoms with Gasteiger partial charge in [0.25, 0.3) is 0 Å². The Bertz CT molecular complexity index is 977. The van der Waals surface area contributed by atoms with Crippen LogP contribution in [0.2, 0.25) is 0 Å². The van der Waals surface area contributed by atoms with Crippen molar-refractivity contribution in [2.75, 3.05) is 19.8 Å². The zero-order valence-electron chi connectivity index (χ0n) is 34.9. The summed E-state index contributed by atoms with van der Waals surface area (Å²) in [6.45, 7) is 4.39. The van der Waals surface area contributed by atoms with E-state index in [1.165, 1.54) is 142 Å². The van der Waals surface area contributed by atoms with E-state index < -0.39 is 50.9 Å². The molecular weight excluding hydrogens is 705 g/mol. The summed E-state index contributed by atoms with van der Waals surface area (Å²) in [6.07, 6.45) is 37.6. The maximum absolute atomic E-state index is 12.6. The van der Waals surface area contributed by atoms with Crippen LogP contribution in [-0.2, 0) is 37.5 Å². The van der Waals surface area contributed by atoms with Crippen molar-refractivity contribution in [3.8, 4) is 0 Å². The zero-order valence-corrected chi connectivity index (χ0v) is 35.8. The van der Waals surface area contributed by atoms with Crippen LogP contribution in [0.3, 0.4) is 0 Å². The largest absolute Gasteiger partial charge is 0.472 e. The molecule has 3 unspecified atom stereocenters. The fourth-order valence-electron chi connectivity index (χ4n) is 6.13. The summed E-state index contributed by atoms with van der Waals surface area (Å²) < 4.78 is 33.0. The Morgan fingerprint density at radius 2 is 0.963 bits per heavy atom. The second kappa shape index (κ2) is 38.3. The number of phosphoric acid groups is 1. The van der Waals surface area contributed by atoms with Crippen molar-refractivity contribution in [2.24, 2.45) is 5.73 Å². The van der Waals surface area contributed by atoms with Crippen molar-refractivity contribution in [3.63, 3.8) is 0 Å². The number of unbranched alkanes of at least 4 members (excludes halogenated alkanes) is 25. The van der Waals surface area contributed by atoms with E-state index in [4.69, 9.17) is 24.3 Å². The fraction of sp³-hybridized carbons (Fsp3) is 0.884. The highest BCUT2D eigenvalue weighted by atomic mass is 31.2. The maximum Gasteiger partial charge on any atom is 0.472 e. The molecule has 0 aliphatic rings. The van der Waals surface area contributed by atoms with Crippen LogP contribution in [0.1, 0.15) is 213 Å². The first-order chi connectivity index (χ1) is 26.1. The lowest BCUT2D eigenvalue weighted by molar-refractivity contribution is -0.161. The topological polar surface area (TPSA) is 151 Å². The van der Waals surface area contributed by atoms with Crippen molar-refractivity contribution >= 4 is 25.5 Å². The number of carbonyl (C=O) groups excluding carboxylic acids is 3. The van der Waals surface area contributed by atoms with Gasteiger partial charge >= 0.3 is 19.8 Å². The SMILES string of the molecule is CCCCCCCCCCCCC/C=C\CCC(=O)OC(COC(=O)CCCCCCCCCCCCCCCCC)COP(=O)(O)OCC(N)C(C)=O. The number of ether oxygens (including phenoxy) is 2. The Kier molecular flexibility index (Phi) is 37.2. The van der Waals surface area contributed by atoms with Gasteiger partial charge in [-0.15, -0.1) is 0 Å². The van der Waals surface area contributed by atoms with Gasteiger partial charge in [-0.1, -0.05) is 180 Å². The van der Waals surface area contributed by atoms with Crippen molar-refractivity contribution in [1.29, 1.82) is 0 Å². The third-order valence-electron chi connectivity index (χ3n) is 9.73. The summed E-state index contributed by atoms with van der Waals surface area (Å²) in [5, 5.41) is 0.